The summed E-state index contributed by atoms with van der Waals surface area (Å²) >= 11 is 5.79. The molecule has 0 fully saturated rings. The van der Waals surface area contributed by atoms with Gasteiger partial charge in [0, 0.05) is 11.6 Å². The van der Waals surface area contributed by atoms with Gasteiger partial charge in [-0.25, -0.2) is 4.39 Å². The lowest BCUT2D eigenvalue weighted by Gasteiger charge is -2.06. The largest absolute Gasteiger partial charge is 0.619 e. The first-order valence-electron chi connectivity index (χ1n) is 4.97. The summed E-state index contributed by atoms with van der Waals surface area (Å²) in [6, 6.07) is 4.75. The predicted octanol–water partition coefficient (Wildman–Crippen LogP) is 1.93. The second kappa shape index (κ2) is 4.62. The molecule has 0 saturated heterocycles. The van der Waals surface area contributed by atoms with Crippen molar-refractivity contribution in [3.8, 4) is 0 Å². The second-order valence-corrected chi connectivity index (χ2v) is 4.03. The van der Waals surface area contributed by atoms with Crippen molar-refractivity contribution in [3.05, 3.63) is 63.8 Å². The summed E-state index contributed by atoms with van der Waals surface area (Å²) < 4.78 is 13.4. The summed E-state index contributed by atoms with van der Waals surface area (Å²) in [5.74, 6) is -0.993. The molecular formula is C12H8ClFN2O2. The predicted molar refractivity (Wildman–Crippen MR) is 64.7 cm³/mol. The van der Waals surface area contributed by atoms with Crippen molar-refractivity contribution in [2.24, 2.45) is 0 Å². The van der Waals surface area contributed by atoms with Crippen LogP contribution in [0.1, 0.15) is 15.9 Å². The molecule has 0 amide bonds. The number of hydrogen-bond acceptors (Lipinski definition) is 3. The summed E-state index contributed by atoms with van der Waals surface area (Å²) in [7, 11) is 0. The minimum atomic E-state index is -0.532. The van der Waals surface area contributed by atoms with Gasteiger partial charge in [0.15, 0.2) is 12.0 Å². The van der Waals surface area contributed by atoms with Gasteiger partial charge in [0.1, 0.15) is 11.5 Å². The van der Waals surface area contributed by atoms with Crippen molar-refractivity contribution < 1.29 is 13.9 Å². The van der Waals surface area contributed by atoms with Crippen molar-refractivity contribution in [2.45, 2.75) is 0 Å². The van der Waals surface area contributed by atoms with Crippen LogP contribution in [0.15, 0.2) is 36.7 Å². The van der Waals surface area contributed by atoms with E-state index < -0.39 is 11.6 Å². The van der Waals surface area contributed by atoms with Crippen LogP contribution in [-0.2, 0) is 0 Å². The molecule has 0 unspecified atom stereocenters. The van der Waals surface area contributed by atoms with E-state index in [1.165, 1.54) is 12.1 Å². The molecule has 1 aromatic heterocycles. The molecule has 0 saturated carbocycles. The maximum absolute atomic E-state index is 12.9. The van der Waals surface area contributed by atoms with Crippen LogP contribution in [0.5, 0.6) is 0 Å². The number of ketones is 1. The Morgan fingerprint density at radius 2 is 2.06 bits per heavy atom. The van der Waals surface area contributed by atoms with Gasteiger partial charge in [-0.15, -0.1) is 0 Å². The number of halogens is 2. The molecule has 0 aliphatic carbocycles. The van der Waals surface area contributed by atoms with E-state index in [4.69, 9.17) is 17.3 Å². The molecule has 1 heterocycles. The van der Waals surface area contributed by atoms with Crippen molar-refractivity contribution in [1.29, 1.82) is 0 Å². The maximum atomic E-state index is 12.9. The topological polar surface area (TPSA) is 70.0 Å². The van der Waals surface area contributed by atoms with Crippen LogP contribution >= 0.6 is 11.6 Å². The minimum Gasteiger partial charge on any atom is -0.619 e. The Balaban J connectivity index is 2.48. The van der Waals surface area contributed by atoms with Gasteiger partial charge in [-0.1, -0.05) is 11.6 Å². The van der Waals surface area contributed by atoms with Gasteiger partial charge in [-0.3, -0.25) is 4.79 Å². The highest BCUT2D eigenvalue weighted by atomic mass is 35.5. The minimum absolute atomic E-state index is 0.00162. The first kappa shape index (κ1) is 12.3. The number of aromatic nitrogens is 1. The molecule has 1 aromatic carbocycles. The van der Waals surface area contributed by atoms with Crippen molar-refractivity contribution >= 4 is 23.1 Å². The number of nitrogens with two attached hydrogens (primary N) is 1. The quantitative estimate of drug-likeness (QED) is 0.513. The zero-order valence-electron chi connectivity index (χ0n) is 9.06. The first-order chi connectivity index (χ1) is 8.49. The Bertz CT molecular complexity index is 578. The molecule has 2 rings (SSSR count). The fraction of sp³-hybridized carbons (Fsp3) is 0. The van der Waals surface area contributed by atoms with Gasteiger partial charge in [0.25, 0.3) is 0 Å². The number of hydrogen-bond donors (Lipinski definition) is 1. The third-order valence-electron chi connectivity index (χ3n) is 2.39. The van der Waals surface area contributed by atoms with Crippen molar-refractivity contribution in [1.82, 2.24) is 0 Å². The van der Waals surface area contributed by atoms with Gasteiger partial charge in [0.2, 0.25) is 6.20 Å². The van der Waals surface area contributed by atoms with Crippen LogP contribution in [0.3, 0.4) is 0 Å². The second-order valence-electron chi connectivity index (χ2n) is 3.63. The molecule has 2 aromatic rings. The van der Waals surface area contributed by atoms with E-state index in [0.29, 0.717) is 4.73 Å². The SMILES string of the molecule is Nc1c[n+]([O-])ccc1C(=O)c1ccc(F)cc1Cl. The molecule has 0 aliphatic rings. The first-order valence-corrected chi connectivity index (χ1v) is 5.35. The molecule has 0 aliphatic heterocycles. The van der Waals surface area contributed by atoms with Crippen molar-refractivity contribution in [3.63, 3.8) is 0 Å². The Morgan fingerprint density at radius 3 is 2.67 bits per heavy atom. The Morgan fingerprint density at radius 1 is 1.33 bits per heavy atom. The van der Waals surface area contributed by atoms with E-state index in [-0.39, 0.29) is 21.8 Å². The summed E-state index contributed by atoms with van der Waals surface area (Å²) in [5, 5.41) is 11.0. The van der Waals surface area contributed by atoms with E-state index >= 15 is 0 Å². The summed E-state index contributed by atoms with van der Waals surface area (Å²) in [5.41, 5.74) is 5.90. The summed E-state index contributed by atoms with van der Waals surface area (Å²) in [6.07, 6.45) is 2.23. The number of pyridine rings is 1. The number of nitrogens with zero attached hydrogens (tertiary/aromatic N) is 1. The lowest BCUT2D eigenvalue weighted by molar-refractivity contribution is -0.604. The van der Waals surface area contributed by atoms with Crippen LogP contribution in [-0.4, -0.2) is 5.78 Å². The standard InChI is InChI=1S/C12H8ClFN2O2/c13-10-5-7(14)1-2-8(10)12(17)9-3-4-16(18)6-11(9)15/h1-6H,15H2. The lowest BCUT2D eigenvalue weighted by atomic mass is 10.0. The molecule has 92 valence electrons. The summed E-state index contributed by atoms with van der Waals surface area (Å²) in [6.45, 7) is 0. The van der Waals surface area contributed by atoms with Gasteiger partial charge in [-0.2, -0.15) is 4.73 Å². The number of benzene rings is 1. The molecule has 2 N–H and O–H groups in total. The maximum Gasteiger partial charge on any atom is 0.204 e. The Kier molecular flexibility index (Phi) is 3.16. The van der Waals surface area contributed by atoms with Gasteiger partial charge in [0.05, 0.1) is 10.6 Å². The van der Waals surface area contributed by atoms with E-state index in [1.54, 1.807) is 0 Å². The fourth-order valence-electron chi connectivity index (χ4n) is 1.52. The highest BCUT2D eigenvalue weighted by Crippen LogP contribution is 2.22. The Labute approximate surface area is 107 Å². The molecule has 6 heteroatoms. The molecule has 0 atom stereocenters. The van der Waals surface area contributed by atoms with Gasteiger partial charge in [-0.05, 0) is 18.2 Å². The Hall–Kier alpha value is -2.14. The van der Waals surface area contributed by atoms with Crippen molar-refractivity contribution in [2.75, 3.05) is 5.73 Å². The average molecular weight is 267 g/mol. The number of anilines is 1. The van der Waals surface area contributed by atoms with E-state index in [2.05, 4.69) is 0 Å². The molecule has 18 heavy (non-hydrogen) atoms. The number of nitrogen functional groups attached to an aromatic ring is 1. The normalized spacial score (nSPS) is 10.3. The molecule has 0 radical (unpaired) electrons. The smallest absolute Gasteiger partial charge is 0.204 e. The molecule has 4 nitrogen and oxygen atoms in total. The zero-order valence-corrected chi connectivity index (χ0v) is 9.82. The third-order valence-corrected chi connectivity index (χ3v) is 2.70. The van der Waals surface area contributed by atoms with Crippen LogP contribution in [0.2, 0.25) is 5.02 Å². The number of carbonyl (C=O) groups excluding carboxylic acids is 1. The highest BCUT2D eigenvalue weighted by molar-refractivity contribution is 6.35. The van der Waals surface area contributed by atoms with Gasteiger partial charge >= 0.3 is 0 Å². The average Bonchev–Trinajstić information content (AvgIpc) is 2.28. The molecular weight excluding hydrogens is 259 g/mol. The van der Waals surface area contributed by atoms with Crippen LogP contribution in [0, 0.1) is 11.0 Å². The van der Waals surface area contributed by atoms with E-state index in [9.17, 15) is 14.4 Å². The van der Waals surface area contributed by atoms with Crippen LogP contribution in [0.4, 0.5) is 10.1 Å². The van der Waals surface area contributed by atoms with E-state index in [0.717, 1.165) is 24.5 Å². The summed E-state index contributed by atoms with van der Waals surface area (Å²) in [4.78, 5) is 12.1. The number of rotatable bonds is 2. The zero-order chi connectivity index (χ0) is 13.3. The monoisotopic (exact) mass is 266 g/mol. The third kappa shape index (κ3) is 2.26. The highest BCUT2D eigenvalue weighted by Gasteiger charge is 2.17. The number of carbonyl (C=O) groups is 1. The molecule has 0 spiro atoms. The van der Waals surface area contributed by atoms with Crippen LogP contribution < -0.4 is 10.5 Å². The fourth-order valence-corrected chi connectivity index (χ4v) is 1.77. The molecule has 0 bridgehead atoms. The lowest BCUT2D eigenvalue weighted by Crippen LogP contribution is -2.26. The van der Waals surface area contributed by atoms with Gasteiger partial charge < -0.3 is 10.9 Å². The van der Waals surface area contributed by atoms with E-state index in [1.807, 2.05) is 0 Å². The van der Waals surface area contributed by atoms with Crippen LogP contribution in [0.25, 0.3) is 0 Å².